The summed E-state index contributed by atoms with van der Waals surface area (Å²) in [5.41, 5.74) is 0. The first-order valence-corrected chi connectivity index (χ1v) is 9.19. The second-order valence-electron chi connectivity index (χ2n) is 4.91. The highest BCUT2D eigenvalue weighted by Crippen LogP contribution is 2.26. The molecule has 6 heteroatoms. The van der Waals surface area contributed by atoms with E-state index in [0.29, 0.717) is 24.5 Å². The SMILES string of the molecule is CNCc1sccc1S(=O)(=O)N1CCCCCCC1. The van der Waals surface area contributed by atoms with E-state index in [0.717, 1.165) is 30.6 Å². The minimum atomic E-state index is -3.31. The molecule has 1 aliphatic rings. The highest BCUT2D eigenvalue weighted by Gasteiger charge is 2.27. The fraction of sp³-hybridized carbons (Fsp3) is 0.692. The fourth-order valence-corrected chi connectivity index (χ4v) is 5.39. The third-order valence-electron chi connectivity index (χ3n) is 3.47. The molecule has 0 bridgehead atoms. The summed E-state index contributed by atoms with van der Waals surface area (Å²) >= 11 is 1.51. The fourth-order valence-electron chi connectivity index (χ4n) is 2.45. The Morgan fingerprint density at radius 3 is 2.47 bits per heavy atom. The molecule has 2 rings (SSSR count). The van der Waals surface area contributed by atoms with Crippen LogP contribution in [0.2, 0.25) is 0 Å². The van der Waals surface area contributed by atoms with E-state index >= 15 is 0 Å². The van der Waals surface area contributed by atoms with Crippen LogP contribution in [0.15, 0.2) is 16.3 Å². The van der Waals surface area contributed by atoms with Gasteiger partial charge in [-0.15, -0.1) is 11.3 Å². The van der Waals surface area contributed by atoms with E-state index in [-0.39, 0.29) is 0 Å². The van der Waals surface area contributed by atoms with Crippen molar-refractivity contribution in [2.75, 3.05) is 20.1 Å². The van der Waals surface area contributed by atoms with Crippen LogP contribution >= 0.6 is 11.3 Å². The smallest absolute Gasteiger partial charge is 0.244 e. The zero-order valence-corrected chi connectivity index (χ0v) is 13.0. The molecule has 1 aromatic heterocycles. The molecule has 0 atom stereocenters. The Labute approximate surface area is 119 Å². The Morgan fingerprint density at radius 2 is 1.84 bits per heavy atom. The van der Waals surface area contributed by atoms with E-state index < -0.39 is 10.0 Å². The van der Waals surface area contributed by atoms with Crippen LogP contribution in [0.3, 0.4) is 0 Å². The molecule has 0 spiro atoms. The first-order chi connectivity index (χ1) is 9.16. The van der Waals surface area contributed by atoms with Crippen molar-refractivity contribution in [2.45, 2.75) is 43.5 Å². The number of nitrogens with one attached hydrogen (secondary N) is 1. The lowest BCUT2D eigenvalue weighted by molar-refractivity contribution is 0.364. The predicted octanol–water partition coefficient (Wildman–Crippen LogP) is 2.42. The molecule has 0 unspecified atom stereocenters. The standard InChI is InChI=1S/C13H22N2O2S2/c1-14-11-12-13(7-10-18-12)19(16,17)15-8-5-3-2-4-6-9-15/h7,10,14H,2-6,8-9,11H2,1H3. The van der Waals surface area contributed by atoms with Gasteiger partial charge in [-0.2, -0.15) is 4.31 Å². The lowest BCUT2D eigenvalue weighted by atomic mass is 10.1. The van der Waals surface area contributed by atoms with Gasteiger partial charge in [0.1, 0.15) is 0 Å². The van der Waals surface area contributed by atoms with E-state index in [9.17, 15) is 8.42 Å². The lowest BCUT2D eigenvalue weighted by Gasteiger charge is -2.24. The average molecular weight is 302 g/mol. The van der Waals surface area contributed by atoms with Crippen LogP contribution in [-0.4, -0.2) is 32.9 Å². The van der Waals surface area contributed by atoms with Gasteiger partial charge in [-0.3, -0.25) is 0 Å². The summed E-state index contributed by atoms with van der Waals surface area (Å²) in [6, 6.07) is 1.74. The predicted molar refractivity (Wildman–Crippen MR) is 78.9 cm³/mol. The van der Waals surface area contributed by atoms with Gasteiger partial charge >= 0.3 is 0 Å². The van der Waals surface area contributed by atoms with E-state index in [2.05, 4.69) is 5.32 Å². The largest absolute Gasteiger partial charge is 0.315 e. The molecular weight excluding hydrogens is 280 g/mol. The summed E-state index contributed by atoms with van der Waals surface area (Å²) in [5.74, 6) is 0. The third-order valence-corrected chi connectivity index (χ3v) is 6.51. The van der Waals surface area contributed by atoms with Crippen LogP contribution < -0.4 is 5.32 Å². The van der Waals surface area contributed by atoms with Gasteiger partial charge in [0, 0.05) is 24.5 Å². The van der Waals surface area contributed by atoms with Crippen molar-refractivity contribution in [1.82, 2.24) is 9.62 Å². The normalized spacial score (nSPS) is 19.0. The van der Waals surface area contributed by atoms with Gasteiger partial charge in [-0.05, 0) is 31.3 Å². The molecule has 0 aromatic carbocycles. The minimum absolute atomic E-state index is 0.493. The van der Waals surface area contributed by atoms with Gasteiger partial charge in [-0.25, -0.2) is 8.42 Å². The van der Waals surface area contributed by atoms with Crippen LogP contribution in [0.4, 0.5) is 0 Å². The Balaban J connectivity index is 2.21. The number of hydrogen-bond acceptors (Lipinski definition) is 4. The van der Waals surface area contributed by atoms with Crippen LogP contribution in [0, 0.1) is 0 Å². The molecule has 0 amide bonds. The molecule has 108 valence electrons. The third kappa shape index (κ3) is 3.56. The Bertz CT molecular complexity index is 488. The summed E-state index contributed by atoms with van der Waals surface area (Å²) in [4.78, 5) is 1.40. The number of hydrogen-bond donors (Lipinski definition) is 1. The van der Waals surface area contributed by atoms with E-state index in [1.165, 1.54) is 17.8 Å². The average Bonchev–Trinajstić information content (AvgIpc) is 2.77. The van der Waals surface area contributed by atoms with Crippen LogP contribution in [0.25, 0.3) is 0 Å². The summed E-state index contributed by atoms with van der Waals surface area (Å²) in [6.45, 7) is 1.94. The van der Waals surface area contributed by atoms with Crippen molar-refractivity contribution < 1.29 is 8.42 Å². The lowest BCUT2D eigenvalue weighted by Crippen LogP contribution is -2.34. The molecular formula is C13H22N2O2S2. The van der Waals surface area contributed by atoms with Crippen molar-refractivity contribution >= 4 is 21.4 Å². The molecule has 0 radical (unpaired) electrons. The van der Waals surface area contributed by atoms with Gasteiger partial charge in [0.25, 0.3) is 0 Å². The molecule has 1 fully saturated rings. The Hall–Kier alpha value is -0.430. The van der Waals surface area contributed by atoms with Crippen LogP contribution in [-0.2, 0) is 16.6 Å². The molecule has 1 aliphatic heterocycles. The van der Waals surface area contributed by atoms with Gasteiger partial charge in [0.15, 0.2) is 0 Å². The van der Waals surface area contributed by atoms with E-state index in [1.54, 1.807) is 10.4 Å². The van der Waals surface area contributed by atoms with Crippen molar-refractivity contribution in [2.24, 2.45) is 0 Å². The van der Waals surface area contributed by atoms with Crippen molar-refractivity contribution in [3.63, 3.8) is 0 Å². The summed E-state index contributed by atoms with van der Waals surface area (Å²) in [5, 5.41) is 4.90. The highest BCUT2D eigenvalue weighted by molar-refractivity contribution is 7.89. The number of sulfonamides is 1. The van der Waals surface area contributed by atoms with E-state index in [1.807, 2.05) is 12.4 Å². The first-order valence-electron chi connectivity index (χ1n) is 6.87. The van der Waals surface area contributed by atoms with Crippen LogP contribution in [0.5, 0.6) is 0 Å². The highest BCUT2D eigenvalue weighted by atomic mass is 32.2. The van der Waals surface area contributed by atoms with Gasteiger partial charge < -0.3 is 5.32 Å². The molecule has 1 saturated heterocycles. The Kier molecular flexibility index (Phi) is 5.38. The minimum Gasteiger partial charge on any atom is -0.315 e. The summed E-state index contributed by atoms with van der Waals surface area (Å²) in [6.07, 6.45) is 5.46. The van der Waals surface area contributed by atoms with Gasteiger partial charge in [-0.1, -0.05) is 19.3 Å². The maximum Gasteiger partial charge on any atom is 0.244 e. The quantitative estimate of drug-likeness (QED) is 0.929. The molecule has 19 heavy (non-hydrogen) atoms. The van der Waals surface area contributed by atoms with Crippen molar-refractivity contribution in [3.8, 4) is 0 Å². The monoisotopic (exact) mass is 302 g/mol. The number of thiophene rings is 1. The summed E-state index contributed by atoms with van der Waals surface area (Å²) in [7, 11) is -1.47. The first kappa shape index (κ1) is 15.0. The molecule has 0 saturated carbocycles. The van der Waals surface area contributed by atoms with Gasteiger partial charge in [0.2, 0.25) is 10.0 Å². The van der Waals surface area contributed by atoms with Crippen molar-refractivity contribution in [3.05, 3.63) is 16.3 Å². The number of nitrogens with zero attached hydrogens (tertiary/aromatic N) is 1. The van der Waals surface area contributed by atoms with Gasteiger partial charge in [0.05, 0.1) is 4.90 Å². The Morgan fingerprint density at radius 1 is 1.21 bits per heavy atom. The van der Waals surface area contributed by atoms with E-state index in [4.69, 9.17) is 0 Å². The maximum atomic E-state index is 12.7. The zero-order valence-electron chi connectivity index (χ0n) is 11.4. The topological polar surface area (TPSA) is 49.4 Å². The molecule has 1 N–H and O–H groups in total. The zero-order chi connectivity index (χ0) is 13.7. The molecule has 0 aliphatic carbocycles. The van der Waals surface area contributed by atoms with Crippen molar-refractivity contribution in [1.29, 1.82) is 0 Å². The second-order valence-corrected chi connectivity index (χ2v) is 7.82. The van der Waals surface area contributed by atoms with Crippen LogP contribution in [0.1, 0.15) is 37.0 Å². The maximum absolute atomic E-state index is 12.7. The molecule has 2 heterocycles. The molecule has 1 aromatic rings. The second kappa shape index (κ2) is 6.83. The summed E-state index contributed by atoms with van der Waals surface area (Å²) < 4.78 is 27.1. The molecule has 4 nitrogen and oxygen atoms in total. The number of rotatable bonds is 4.